The summed E-state index contributed by atoms with van der Waals surface area (Å²) >= 11 is 0. The lowest BCUT2D eigenvalue weighted by Gasteiger charge is -2.39. The Labute approximate surface area is 107 Å². The zero-order chi connectivity index (χ0) is 13.1. The van der Waals surface area contributed by atoms with Gasteiger partial charge in [0.25, 0.3) is 0 Å². The minimum atomic E-state index is -0.514. The molecule has 1 heterocycles. The Balaban J connectivity index is 2.31. The normalized spacial score (nSPS) is 25.3. The van der Waals surface area contributed by atoms with Crippen LogP contribution in [0.15, 0.2) is 18.2 Å². The van der Waals surface area contributed by atoms with E-state index in [2.05, 4.69) is 10.2 Å². The van der Waals surface area contributed by atoms with E-state index in [9.17, 15) is 8.78 Å². The third kappa shape index (κ3) is 2.70. The van der Waals surface area contributed by atoms with Crippen molar-refractivity contribution >= 4 is 0 Å². The Morgan fingerprint density at radius 2 is 2.17 bits per heavy atom. The number of hydrogen-bond acceptors (Lipinski definition) is 2. The third-order valence-corrected chi connectivity index (χ3v) is 3.75. The summed E-state index contributed by atoms with van der Waals surface area (Å²) < 4.78 is 26.9. The van der Waals surface area contributed by atoms with Crippen molar-refractivity contribution in [3.63, 3.8) is 0 Å². The molecular weight excluding hydrogens is 234 g/mol. The van der Waals surface area contributed by atoms with Gasteiger partial charge >= 0.3 is 0 Å². The van der Waals surface area contributed by atoms with Crippen molar-refractivity contribution in [2.75, 3.05) is 27.2 Å². The van der Waals surface area contributed by atoms with Crippen LogP contribution in [0.1, 0.15) is 24.4 Å². The minimum absolute atomic E-state index is 0.0341. The highest BCUT2D eigenvalue weighted by atomic mass is 19.1. The molecule has 1 fully saturated rings. The van der Waals surface area contributed by atoms with E-state index in [4.69, 9.17) is 0 Å². The van der Waals surface area contributed by atoms with Crippen LogP contribution < -0.4 is 5.32 Å². The van der Waals surface area contributed by atoms with Crippen LogP contribution in [0.5, 0.6) is 0 Å². The maximum absolute atomic E-state index is 13.9. The Bertz CT molecular complexity index is 407. The van der Waals surface area contributed by atoms with E-state index in [0.717, 1.165) is 32.0 Å². The number of rotatable bonds is 3. The van der Waals surface area contributed by atoms with Gasteiger partial charge in [-0.15, -0.1) is 0 Å². The topological polar surface area (TPSA) is 15.3 Å². The molecular formula is C14H20F2N2. The standard InChI is InChI=1S/C14H20F2N2/c1-17-9-10-4-3-7-18(2)14(10)12-6-5-11(15)8-13(12)16/h5-6,8,10,14,17H,3-4,7,9H2,1-2H3. The number of piperidine rings is 1. The van der Waals surface area contributed by atoms with Crippen LogP contribution in [-0.2, 0) is 0 Å². The Morgan fingerprint density at radius 3 is 2.83 bits per heavy atom. The minimum Gasteiger partial charge on any atom is -0.319 e. The Hall–Kier alpha value is -1.00. The first kappa shape index (κ1) is 13.4. The fourth-order valence-corrected chi connectivity index (χ4v) is 2.97. The predicted octanol–water partition coefficient (Wildman–Crippen LogP) is 2.57. The van der Waals surface area contributed by atoms with Crippen LogP contribution in [0.3, 0.4) is 0 Å². The van der Waals surface area contributed by atoms with E-state index in [0.29, 0.717) is 11.5 Å². The zero-order valence-corrected chi connectivity index (χ0v) is 10.9. The third-order valence-electron chi connectivity index (χ3n) is 3.75. The van der Waals surface area contributed by atoms with Crippen LogP contribution in [0.2, 0.25) is 0 Å². The van der Waals surface area contributed by atoms with E-state index in [1.807, 2.05) is 14.1 Å². The molecule has 0 aromatic heterocycles. The molecule has 0 amide bonds. The fraction of sp³-hybridized carbons (Fsp3) is 0.571. The molecule has 2 nitrogen and oxygen atoms in total. The summed E-state index contributed by atoms with van der Waals surface area (Å²) in [6.07, 6.45) is 2.20. The molecule has 2 unspecified atom stereocenters. The first-order valence-electron chi connectivity index (χ1n) is 6.43. The molecule has 0 bridgehead atoms. The highest BCUT2D eigenvalue weighted by molar-refractivity contribution is 5.23. The number of benzene rings is 1. The number of halogens is 2. The predicted molar refractivity (Wildman–Crippen MR) is 68.4 cm³/mol. The maximum atomic E-state index is 13.9. The van der Waals surface area contributed by atoms with Gasteiger partial charge < -0.3 is 5.32 Å². The number of likely N-dealkylation sites (tertiary alicyclic amines) is 1. The second-order valence-corrected chi connectivity index (χ2v) is 5.05. The monoisotopic (exact) mass is 254 g/mol. The lowest BCUT2D eigenvalue weighted by molar-refractivity contribution is 0.117. The van der Waals surface area contributed by atoms with Gasteiger partial charge in [0, 0.05) is 17.7 Å². The average molecular weight is 254 g/mol. The number of nitrogens with one attached hydrogen (secondary N) is 1. The summed E-state index contributed by atoms with van der Waals surface area (Å²) in [4.78, 5) is 2.17. The van der Waals surface area contributed by atoms with E-state index in [1.165, 1.54) is 6.07 Å². The van der Waals surface area contributed by atoms with Crippen molar-refractivity contribution in [1.29, 1.82) is 0 Å². The average Bonchev–Trinajstić information content (AvgIpc) is 2.31. The molecule has 0 saturated carbocycles. The molecule has 0 radical (unpaired) electrons. The summed E-state index contributed by atoms with van der Waals surface area (Å²) in [5, 5.41) is 3.17. The molecule has 1 saturated heterocycles. The first-order chi connectivity index (χ1) is 8.63. The SMILES string of the molecule is CNCC1CCCN(C)C1c1ccc(F)cc1F. The maximum Gasteiger partial charge on any atom is 0.130 e. The van der Waals surface area contributed by atoms with Crippen molar-refractivity contribution < 1.29 is 8.78 Å². The summed E-state index contributed by atoms with van der Waals surface area (Å²) in [7, 11) is 3.92. The van der Waals surface area contributed by atoms with E-state index in [1.54, 1.807) is 6.07 Å². The second-order valence-electron chi connectivity index (χ2n) is 5.05. The molecule has 1 aromatic rings. The van der Waals surface area contributed by atoms with Gasteiger partial charge in [0.1, 0.15) is 11.6 Å². The molecule has 0 aliphatic carbocycles. The van der Waals surface area contributed by atoms with Gasteiger partial charge in [0.2, 0.25) is 0 Å². The van der Waals surface area contributed by atoms with Gasteiger partial charge in [-0.25, -0.2) is 8.78 Å². The molecule has 1 aromatic carbocycles. The summed E-state index contributed by atoms with van der Waals surface area (Å²) in [6, 6.07) is 3.94. The molecule has 1 aliphatic heterocycles. The fourth-order valence-electron chi connectivity index (χ4n) is 2.97. The molecule has 2 rings (SSSR count). The largest absolute Gasteiger partial charge is 0.319 e. The smallest absolute Gasteiger partial charge is 0.130 e. The van der Waals surface area contributed by atoms with E-state index >= 15 is 0 Å². The summed E-state index contributed by atoms with van der Waals surface area (Å²) in [6.45, 7) is 1.81. The Morgan fingerprint density at radius 1 is 1.39 bits per heavy atom. The quantitative estimate of drug-likeness (QED) is 0.892. The molecule has 4 heteroatoms. The van der Waals surface area contributed by atoms with Crippen molar-refractivity contribution in [2.24, 2.45) is 5.92 Å². The highest BCUT2D eigenvalue weighted by Crippen LogP contribution is 2.35. The van der Waals surface area contributed by atoms with E-state index < -0.39 is 11.6 Å². The van der Waals surface area contributed by atoms with Crippen molar-refractivity contribution in [2.45, 2.75) is 18.9 Å². The van der Waals surface area contributed by atoms with Crippen LogP contribution in [0, 0.1) is 17.6 Å². The molecule has 1 aliphatic rings. The lowest BCUT2D eigenvalue weighted by Crippen LogP contribution is -2.40. The van der Waals surface area contributed by atoms with Crippen LogP contribution in [-0.4, -0.2) is 32.1 Å². The van der Waals surface area contributed by atoms with Gasteiger partial charge in [-0.05, 0) is 52.0 Å². The molecule has 2 atom stereocenters. The van der Waals surface area contributed by atoms with Gasteiger partial charge in [-0.1, -0.05) is 6.07 Å². The lowest BCUT2D eigenvalue weighted by atomic mass is 9.84. The van der Waals surface area contributed by atoms with Crippen LogP contribution >= 0.6 is 0 Å². The van der Waals surface area contributed by atoms with Crippen molar-refractivity contribution in [3.8, 4) is 0 Å². The Kier molecular flexibility index (Phi) is 4.30. The summed E-state index contributed by atoms with van der Waals surface area (Å²) in [5.41, 5.74) is 0.610. The second kappa shape index (κ2) is 5.76. The molecule has 18 heavy (non-hydrogen) atoms. The van der Waals surface area contributed by atoms with Crippen LogP contribution in [0.25, 0.3) is 0 Å². The summed E-state index contributed by atoms with van der Waals surface area (Å²) in [5.74, 6) is -0.580. The van der Waals surface area contributed by atoms with Crippen molar-refractivity contribution in [3.05, 3.63) is 35.4 Å². The number of nitrogens with zero attached hydrogens (tertiary/aromatic N) is 1. The van der Waals surface area contributed by atoms with Crippen molar-refractivity contribution in [1.82, 2.24) is 10.2 Å². The molecule has 1 N–H and O–H groups in total. The van der Waals surface area contributed by atoms with Gasteiger partial charge in [-0.2, -0.15) is 0 Å². The van der Waals surface area contributed by atoms with Crippen LogP contribution in [0.4, 0.5) is 8.78 Å². The van der Waals surface area contributed by atoms with Gasteiger partial charge in [0.05, 0.1) is 0 Å². The van der Waals surface area contributed by atoms with Gasteiger partial charge in [-0.3, -0.25) is 4.90 Å². The highest BCUT2D eigenvalue weighted by Gasteiger charge is 2.31. The first-order valence-corrected chi connectivity index (χ1v) is 6.43. The molecule has 0 spiro atoms. The molecule has 100 valence electrons. The van der Waals surface area contributed by atoms with E-state index in [-0.39, 0.29) is 6.04 Å². The van der Waals surface area contributed by atoms with Gasteiger partial charge in [0.15, 0.2) is 0 Å². The number of hydrogen-bond donors (Lipinski definition) is 1. The zero-order valence-electron chi connectivity index (χ0n) is 10.9.